The van der Waals surface area contributed by atoms with Crippen molar-refractivity contribution in [3.8, 4) is 0 Å². The molecule has 0 fully saturated rings. The van der Waals surface area contributed by atoms with Crippen molar-refractivity contribution in [1.29, 1.82) is 0 Å². The summed E-state index contributed by atoms with van der Waals surface area (Å²) in [5.74, 6) is 0.0732. The highest BCUT2D eigenvalue weighted by atomic mass is 32.2. The minimum absolute atomic E-state index is 0.0732. The van der Waals surface area contributed by atoms with Gasteiger partial charge in [-0.15, -0.1) is 0 Å². The van der Waals surface area contributed by atoms with Crippen LogP contribution in [0.4, 0.5) is 5.82 Å². The Morgan fingerprint density at radius 2 is 2.09 bits per heavy atom. The van der Waals surface area contributed by atoms with Gasteiger partial charge in [0.1, 0.15) is 5.82 Å². The molecule has 11 heavy (non-hydrogen) atoms. The molecule has 0 atom stereocenters. The minimum atomic E-state index is -3.83. The molecule has 1 aromatic rings. The molecule has 0 aliphatic heterocycles. The van der Waals surface area contributed by atoms with Gasteiger partial charge in [0, 0.05) is 6.20 Å². The smallest absolute Gasteiger partial charge is 0.273 e. The summed E-state index contributed by atoms with van der Waals surface area (Å²) in [6.45, 7) is 0. The van der Waals surface area contributed by atoms with Crippen molar-refractivity contribution in [1.82, 2.24) is 9.97 Å². The summed E-state index contributed by atoms with van der Waals surface area (Å²) in [6.07, 6.45) is 1.22. The number of hydrogen-bond donors (Lipinski definition) is 2. The summed E-state index contributed by atoms with van der Waals surface area (Å²) >= 11 is 0. The highest BCUT2D eigenvalue weighted by Crippen LogP contribution is 1.99. The second kappa shape index (κ2) is 2.44. The van der Waals surface area contributed by atoms with Gasteiger partial charge >= 0.3 is 0 Å². The van der Waals surface area contributed by atoms with Crippen LogP contribution in [0.25, 0.3) is 0 Å². The molecular weight excluding hydrogens is 168 g/mol. The predicted molar refractivity (Wildman–Crippen MR) is 37.8 cm³/mol. The van der Waals surface area contributed by atoms with E-state index in [9.17, 15) is 8.42 Å². The van der Waals surface area contributed by atoms with Gasteiger partial charge in [-0.3, -0.25) is 0 Å². The average molecular weight is 174 g/mol. The van der Waals surface area contributed by atoms with Gasteiger partial charge < -0.3 is 5.73 Å². The molecule has 0 aliphatic carbocycles. The highest BCUT2D eigenvalue weighted by Gasteiger charge is 2.10. The summed E-state index contributed by atoms with van der Waals surface area (Å²) in [5.41, 5.74) is 5.18. The third-order valence-electron chi connectivity index (χ3n) is 0.909. The predicted octanol–water partition coefficient (Wildman–Crippen LogP) is -1.29. The molecule has 60 valence electrons. The second-order valence-corrected chi connectivity index (χ2v) is 3.26. The Bertz CT molecular complexity index is 360. The molecular formula is C4H6N4O2S. The Kier molecular flexibility index (Phi) is 1.75. The van der Waals surface area contributed by atoms with Gasteiger partial charge in [0.15, 0.2) is 0 Å². The molecule has 0 spiro atoms. The monoisotopic (exact) mass is 174 g/mol. The van der Waals surface area contributed by atoms with Crippen LogP contribution in [-0.2, 0) is 10.0 Å². The molecule has 0 unspecified atom stereocenters. The van der Waals surface area contributed by atoms with Crippen LogP contribution in [0.15, 0.2) is 17.4 Å². The van der Waals surface area contributed by atoms with Gasteiger partial charge in [-0.25, -0.2) is 23.5 Å². The number of nitrogens with two attached hydrogens (primary N) is 2. The highest BCUT2D eigenvalue weighted by molar-refractivity contribution is 7.89. The normalized spacial score (nSPS) is 11.4. The van der Waals surface area contributed by atoms with Gasteiger partial charge in [-0.2, -0.15) is 0 Å². The van der Waals surface area contributed by atoms with Crippen molar-refractivity contribution >= 4 is 15.8 Å². The van der Waals surface area contributed by atoms with Crippen molar-refractivity contribution in [3.63, 3.8) is 0 Å². The topological polar surface area (TPSA) is 112 Å². The molecule has 0 radical (unpaired) electrons. The number of sulfonamides is 1. The molecule has 1 aromatic heterocycles. The molecule has 1 rings (SSSR count). The fourth-order valence-corrected chi connectivity index (χ4v) is 0.931. The van der Waals surface area contributed by atoms with Gasteiger partial charge in [0.25, 0.3) is 15.2 Å². The third-order valence-corrected chi connectivity index (χ3v) is 1.62. The zero-order valence-electron chi connectivity index (χ0n) is 5.43. The van der Waals surface area contributed by atoms with E-state index in [1.165, 1.54) is 12.3 Å². The summed E-state index contributed by atoms with van der Waals surface area (Å²) in [6, 6.07) is 1.37. The zero-order valence-corrected chi connectivity index (χ0v) is 6.25. The maximum atomic E-state index is 10.6. The summed E-state index contributed by atoms with van der Waals surface area (Å²) in [7, 11) is -3.83. The van der Waals surface area contributed by atoms with Crippen molar-refractivity contribution in [2.24, 2.45) is 5.14 Å². The fourth-order valence-electron chi connectivity index (χ4n) is 0.491. The van der Waals surface area contributed by atoms with Crippen molar-refractivity contribution < 1.29 is 8.42 Å². The molecule has 1 heterocycles. The SMILES string of the molecule is Nc1ccnc(S(N)(=O)=O)n1. The van der Waals surface area contributed by atoms with Crippen LogP contribution in [0.5, 0.6) is 0 Å². The number of nitrogen functional groups attached to an aromatic ring is 1. The Morgan fingerprint density at radius 1 is 1.45 bits per heavy atom. The fraction of sp³-hybridized carbons (Fsp3) is 0. The minimum Gasteiger partial charge on any atom is -0.384 e. The Balaban J connectivity index is 3.28. The zero-order chi connectivity index (χ0) is 8.48. The quantitative estimate of drug-likeness (QED) is 0.514. The van der Waals surface area contributed by atoms with Crippen molar-refractivity contribution in [2.45, 2.75) is 5.16 Å². The Hall–Kier alpha value is -1.21. The van der Waals surface area contributed by atoms with E-state index in [4.69, 9.17) is 10.9 Å². The first-order valence-corrected chi connectivity index (χ1v) is 4.16. The molecule has 0 saturated carbocycles. The molecule has 4 N–H and O–H groups in total. The van der Waals surface area contributed by atoms with E-state index in [0.717, 1.165) is 0 Å². The van der Waals surface area contributed by atoms with Crippen LogP contribution < -0.4 is 10.9 Å². The van der Waals surface area contributed by atoms with Gasteiger partial charge in [-0.1, -0.05) is 0 Å². The number of anilines is 1. The first kappa shape index (κ1) is 7.89. The lowest BCUT2D eigenvalue weighted by Crippen LogP contribution is -2.16. The molecule has 0 aromatic carbocycles. The molecule has 0 bridgehead atoms. The lowest BCUT2D eigenvalue weighted by Gasteiger charge is -1.95. The summed E-state index contributed by atoms with van der Waals surface area (Å²) in [5, 5.41) is 4.26. The third kappa shape index (κ3) is 1.85. The van der Waals surface area contributed by atoms with Crippen LogP contribution in [-0.4, -0.2) is 18.4 Å². The average Bonchev–Trinajstić information content (AvgIpc) is 1.86. The van der Waals surface area contributed by atoms with E-state index in [0.29, 0.717) is 0 Å². The first-order valence-electron chi connectivity index (χ1n) is 2.61. The van der Waals surface area contributed by atoms with E-state index in [2.05, 4.69) is 9.97 Å². The number of aromatic nitrogens is 2. The maximum absolute atomic E-state index is 10.6. The summed E-state index contributed by atoms with van der Waals surface area (Å²) < 4.78 is 21.2. The standard InChI is InChI=1S/C4H6N4O2S/c5-3-1-2-7-4(8-3)11(6,9)10/h1-2H,(H2,5,7,8)(H2,6,9,10). The Morgan fingerprint density at radius 3 is 2.45 bits per heavy atom. The van der Waals surface area contributed by atoms with Crippen LogP contribution >= 0.6 is 0 Å². The van der Waals surface area contributed by atoms with E-state index in [1.807, 2.05) is 0 Å². The Labute approximate surface area is 63.3 Å². The van der Waals surface area contributed by atoms with Crippen molar-refractivity contribution in [2.75, 3.05) is 5.73 Å². The lowest BCUT2D eigenvalue weighted by molar-refractivity contribution is 0.589. The molecule has 0 aliphatic rings. The van der Waals surface area contributed by atoms with Gasteiger partial charge in [0.05, 0.1) is 0 Å². The number of hydrogen-bond acceptors (Lipinski definition) is 5. The van der Waals surface area contributed by atoms with Crippen LogP contribution in [0.3, 0.4) is 0 Å². The van der Waals surface area contributed by atoms with Crippen LogP contribution in [0, 0.1) is 0 Å². The number of primary sulfonamides is 1. The molecule has 6 nitrogen and oxygen atoms in total. The lowest BCUT2D eigenvalue weighted by atomic mass is 10.6. The van der Waals surface area contributed by atoms with Crippen LogP contribution in [0.1, 0.15) is 0 Å². The second-order valence-electron chi connectivity index (χ2n) is 1.81. The van der Waals surface area contributed by atoms with Gasteiger partial charge in [0.2, 0.25) is 0 Å². The number of nitrogens with zero attached hydrogens (tertiary/aromatic N) is 2. The number of rotatable bonds is 1. The van der Waals surface area contributed by atoms with E-state index < -0.39 is 15.2 Å². The molecule has 0 saturated heterocycles. The van der Waals surface area contributed by atoms with E-state index >= 15 is 0 Å². The largest absolute Gasteiger partial charge is 0.384 e. The maximum Gasteiger partial charge on any atom is 0.273 e. The molecule has 0 amide bonds. The van der Waals surface area contributed by atoms with E-state index in [-0.39, 0.29) is 5.82 Å². The van der Waals surface area contributed by atoms with E-state index in [1.54, 1.807) is 0 Å². The molecule has 7 heteroatoms. The summed E-state index contributed by atoms with van der Waals surface area (Å²) in [4.78, 5) is 6.80. The van der Waals surface area contributed by atoms with Crippen molar-refractivity contribution in [3.05, 3.63) is 12.3 Å². The first-order chi connectivity index (χ1) is 5.00. The van der Waals surface area contributed by atoms with Gasteiger partial charge in [-0.05, 0) is 6.07 Å². The van der Waals surface area contributed by atoms with Crippen LogP contribution in [0.2, 0.25) is 0 Å².